The number of benzene rings is 2. The molecule has 0 bridgehead atoms. The summed E-state index contributed by atoms with van der Waals surface area (Å²) in [5.41, 5.74) is 1.74. The maximum Gasteiger partial charge on any atom is 0.242 e. The highest BCUT2D eigenvalue weighted by atomic mass is 35.5. The number of sulfonamides is 1. The van der Waals surface area contributed by atoms with E-state index in [1.54, 1.807) is 12.1 Å². The summed E-state index contributed by atoms with van der Waals surface area (Å²) < 4.78 is 26.6. The molecular formula is C16H16Cl2N2O3S. The number of carbonyl (C=O) groups is 1. The second-order valence-corrected chi connectivity index (χ2v) is 7.58. The monoisotopic (exact) mass is 386 g/mol. The van der Waals surface area contributed by atoms with Crippen molar-refractivity contribution in [1.82, 2.24) is 4.72 Å². The number of aryl methyl sites for hydroxylation is 1. The van der Waals surface area contributed by atoms with Crippen molar-refractivity contribution >= 4 is 44.8 Å². The topological polar surface area (TPSA) is 75.3 Å². The van der Waals surface area contributed by atoms with Crippen LogP contribution < -0.4 is 10.0 Å². The molecule has 0 spiro atoms. The lowest BCUT2D eigenvalue weighted by Gasteiger charge is -2.09. The van der Waals surface area contributed by atoms with Gasteiger partial charge in [0.25, 0.3) is 0 Å². The lowest BCUT2D eigenvalue weighted by Crippen LogP contribution is -2.33. The highest BCUT2D eigenvalue weighted by molar-refractivity contribution is 7.89. The van der Waals surface area contributed by atoms with Gasteiger partial charge in [-0.15, -0.1) is 0 Å². The van der Waals surface area contributed by atoms with Crippen LogP contribution in [-0.2, 0) is 21.2 Å². The Labute approximate surface area is 151 Å². The summed E-state index contributed by atoms with van der Waals surface area (Å²) in [5, 5.41) is 2.88. The van der Waals surface area contributed by atoms with E-state index >= 15 is 0 Å². The Balaban J connectivity index is 2.00. The zero-order chi connectivity index (χ0) is 17.7. The number of halogens is 2. The summed E-state index contributed by atoms with van der Waals surface area (Å²) in [7, 11) is -3.94. The third-order valence-electron chi connectivity index (χ3n) is 3.25. The van der Waals surface area contributed by atoms with Crippen LogP contribution in [0.3, 0.4) is 0 Å². The highest BCUT2D eigenvalue weighted by Gasteiger charge is 2.19. The van der Waals surface area contributed by atoms with Crippen LogP contribution in [0.15, 0.2) is 47.4 Å². The minimum atomic E-state index is -3.94. The first kappa shape index (κ1) is 18.7. The molecule has 0 fully saturated rings. The summed E-state index contributed by atoms with van der Waals surface area (Å²) >= 11 is 11.7. The second kappa shape index (κ2) is 7.98. The van der Waals surface area contributed by atoms with Gasteiger partial charge in [-0.2, -0.15) is 0 Å². The van der Waals surface area contributed by atoms with Gasteiger partial charge >= 0.3 is 0 Å². The molecule has 0 heterocycles. The van der Waals surface area contributed by atoms with Gasteiger partial charge in [-0.1, -0.05) is 42.3 Å². The van der Waals surface area contributed by atoms with Crippen molar-refractivity contribution in [2.45, 2.75) is 18.2 Å². The van der Waals surface area contributed by atoms with Crippen molar-refractivity contribution in [1.29, 1.82) is 0 Å². The number of amides is 1. The van der Waals surface area contributed by atoms with Crippen molar-refractivity contribution < 1.29 is 13.2 Å². The Hall–Kier alpha value is -1.60. The minimum Gasteiger partial charge on any atom is -0.325 e. The van der Waals surface area contributed by atoms with E-state index in [-0.39, 0.29) is 14.9 Å². The standard InChI is InChI=1S/C16H16Cl2N2O3S/c1-2-11-3-6-13(7-4-11)20-16(21)10-19-24(22,23)15-9-12(17)5-8-14(15)18/h3-9,19H,2,10H2,1H3,(H,20,21). The Morgan fingerprint density at radius 2 is 1.75 bits per heavy atom. The summed E-state index contributed by atoms with van der Waals surface area (Å²) in [6.07, 6.45) is 0.897. The summed E-state index contributed by atoms with van der Waals surface area (Å²) in [4.78, 5) is 11.7. The number of anilines is 1. The molecular weight excluding hydrogens is 371 g/mol. The van der Waals surface area contributed by atoms with Crippen molar-refractivity contribution in [2.75, 3.05) is 11.9 Å². The molecule has 2 N–H and O–H groups in total. The lowest BCUT2D eigenvalue weighted by molar-refractivity contribution is -0.115. The molecule has 0 saturated heterocycles. The van der Waals surface area contributed by atoms with E-state index in [2.05, 4.69) is 10.0 Å². The molecule has 0 radical (unpaired) electrons. The van der Waals surface area contributed by atoms with Crippen LogP contribution in [0.1, 0.15) is 12.5 Å². The van der Waals surface area contributed by atoms with Gasteiger partial charge in [0, 0.05) is 10.7 Å². The molecule has 0 saturated carbocycles. The van der Waals surface area contributed by atoms with Gasteiger partial charge in [0.1, 0.15) is 4.90 Å². The van der Waals surface area contributed by atoms with Crippen LogP contribution in [0.25, 0.3) is 0 Å². The van der Waals surface area contributed by atoms with Crippen LogP contribution >= 0.6 is 23.2 Å². The summed E-state index contributed by atoms with van der Waals surface area (Å²) in [5.74, 6) is -0.485. The second-order valence-electron chi connectivity index (χ2n) is 5.00. The van der Waals surface area contributed by atoms with E-state index < -0.39 is 22.5 Å². The molecule has 128 valence electrons. The first-order valence-corrected chi connectivity index (χ1v) is 9.39. The van der Waals surface area contributed by atoms with Gasteiger partial charge in [0.2, 0.25) is 15.9 Å². The average molecular weight is 387 g/mol. The van der Waals surface area contributed by atoms with Crippen molar-refractivity contribution in [2.24, 2.45) is 0 Å². The number of carbonyl (C=O) groups excluding carboxylic acids is 1. The van der Waals surface area contributed by atoms with Gasteiger partial charge < -0.3 is 5.32 Å². The molecule has 0 aliphatic rings. The molecule has 2 aromatic carbocycles. The van der Waals surface area contributed by atoms with Gasteiger partial charge in [-0.3, -0.25) is 4.79 Å². The molecule has 0 aliphatic heterocycles. The molecule has 2 aromatic rings. The van der Waals surface area contributed by atoms with Crippen molar-refractivity contribution in [3.63, 3.8) is 0 Å². The van der Waals surface area contributed by atoms with E-state index in [4.69, 9.17) is 23.2 Å². The van der Waals surface area contributed by atoms with Crippen molar-refractivity contribution in [3.05, 3.63) is 58.1 Å². The van der Waals surface area contributed by atoms with Crippen molar-refractivity contribution in [3.8, 4) is 0 Å². The Bertz CT molecular complexity index is 837. The number of nitrogens with one attached hydrogen (secondary N) is 2. The number of rotatable bonds is 6. The van der Waals surface area contributed by atoms with E-state index in [9.17, 15) is 13.2 Å². The quantitative estimate of drug-likeness (QED) is 0.797. The van der Waals surface area contributed by atoms with E-state index in [1.165, 1.54) is 18.2 Å². The van der Waals surface area contributed by atoms with Crippen LogP contribution in [-0.4, -0.2) is 20.9 Å². The largest absolute Gasteiger partial charge is 0.325 e. The molecule has 0 atom stereocenters. The van der Waals surface area contributed by atoms with Crippen LogP contribution in [0, 0.1) is 0 Å². The van der Waals surface area contributed by atoms with Gasteiger partial charge in [-0.25, -0.2) is 13.1 Å². The first-order valence-electron chi connectivity index (χ1n) is 7.15. The Morgan fingerprint density at radius 1 is 1.08 bits per heavy atom. The third-order valence-corrected chi connectivity index (χ3v) is 5.37. The molecule has 2 rings (SSSR count). The Morgan fingerprint density at radius 3 is 2.38 bits per heavy atom. The fraction of sp³-hybridized carbons (Fsp3) is 0.188. The van der Waals surface area contributed by atoms with E-state index in [0.29, 0.717) is 5.69 Å². The minimum absolute atomic E-state index is 0.0301. The first-order chi connectivity index (χ1) is 11.3. The zero-order valence-corrected chi connectivity index (χ0v) is 15.2. The number of hydrogen-bond acceptors (Lipinski definition) is 3. The number of hydrogen-bond donors (Lipinski definition) is 2. The van der Waals surface area contributed by atoms with Crippen LogP contribution in [0.2, 0.25) is 10.0 Å². The predicted molar refractivity (Wildman–Crippen MR) is 96.1 cm³/mol. The van der Waals surface area contributed by atoms with Gasteiger partial charge in [0.05, 0.1) is 11.6 Å². The van der Waals surface area contributed by atoms with E-state index in [1.807, 2.05) is 19.1 Å². The van der Waals surface area contributed by atoms with Crippen LogP contribution in [0.5, 0.6) is 0 Å². The maximum atomic E-state index is 12.2. The molecule has 1 amide bonds. The molecule has 0 aromatic heterocycles. The SMILES string of the molecule is CCc1ccc(NC(=O)CNS(=O)(=O)c2cc(Cl)ccc2Cl)cc1. The van der Waals surface area contributed by atoms with Gasteiger partial charge in [0.15, 0.2) is 0 Å². The molecule has 0 aliphatic carbocycles. The van der Waals surface area contributed by atoms with E-state index in [0.717, 1.165) is 12.0 Å². The van der Waals surface area contributed by atoms with Crippen LogP contribution in [0.4, 0.5) is 5.69 Å². The predicted octanol–water partition coefficient (Wildman–Crippen LogP) is 3.47. The smallest absolute Gasteiger partial charge is 0.242 e. The normalized spacial score (nSPS) is 11.3. The fourth-order valence-corrected chi connectivity index (χ4v) is 3.69. The zero-order valence-electron chi connectivity index (χ0n) is 12.8. The molecule has 0 unspecified atom stereocenters. The third kappa shape index (κ3) is 4.95. The average Bonchev–Trinajstić information content (AvgIpc) is 2.56. The molecule has 24 heavy (non-hydrogen) atoms. The van der Waals surface area contributed by atoms with Gasteiger partial charge in [-0.05, 0) is 42.3 Å². The summed E-state index contributed by atoms with van der Waals surface area (Å²) in [6, 6.07) is 11.4. The highest BCUT2D eigenvalue weighted by Crippen LogP contribution is 2.24. The molecule has 5 nitrogen and oxygen atoms in total. The fourth-order valence-electron chi connectivity index (χ4n) is 1.95. The lowest BCUT2D eigenvalue weighted by atomic mass is 10.1. The molecule has 8 heteroatoms. The summed E-state index contributed by atoms with van der Waals surface area (Å²) in [6.45, 7) is 1.62. The Kier molecular flexibility index (Phi) is 6.23. The maximum absolute atomic E-state index is 12.2.